The highest BCUT2D eigenvalue weighted by Crippen LogP contribution is 2.27. The molecule has 2 aromatic heterocycles. The monoisotopic (exact) mass is 419 g/mol. The predicted molar refractivity (Wildman–Crippen MR) is 113 cm³/mol. The third-order valence-corrected chi connectivity index (χ3v) is 6.10. The third-order valence-electron chi connectivity index (χ3n) is 6.10. The molecule has 8 nitrogen and oxygen atoms in total. The first-order valence-electron chi connectivity index (χ1n) is 10.8. The molecule has 0 spiro atoms. The Bertz CT molecular complexity index is 1110. The number of aryl methyl sites for hydroxylation is 1. The lowest BCUT2D eigenvalue weighted by atomic mass is 10.0. The molecule has 3 aromatic rings. The Balaban J connectivity index is 1.40. The van der Waals surface area contributed by atoms with Gasteiger partial charge in [-0.1, -0.05) is 35.5 Å². The Hall–Kier alpha value is -3.42. The number of hydrogen-bond donors (Lipinski definition) is 0. The average molecular weight is 419 g/mol. The molecular weight excluding hydrogens is 394 g/mol. The molecule has 0 aliphatic carbocycles. The fourth-order valence-electron chi connectivity index (χ4n) is 4.44. The van der Waals surface area contributed by atoms with Crippen LogP contribution in [0.1, 0.15) is 52.0 Å². The molecule has 2 aliphatic heterocycles. The molecule has 0 atom stereocenters. The van der Waals surface area contributed by atoms with Crippen LogP contribution in [-0.4, -0.2) is 56.2 Å². The van der Waals surface area contributed by atoms with Gasteiger partial charge in [0.25, 0.3) is 11.8 Å². The summed E-state index contributed by atoms with van der Waals surface area (Å²) in [5, 5.41) is 8.62. The second-order valence-corrected chi connectivity index (χ2v) is 8.01. The first-order valence-corrected chi connectivity index (χ1v) is 10.8. The second-order valence-electron chi connectivity index (χ2n) is 8.01. The molecule has 0 radical (unpaired) electrons. The van der Waals surface area contributed by atoms with E-state index in [1.54, 1.807) is 11.0 Å². The maximum absolute atomic E-state index is 13.1. The summed E-state index contributed by atoms with van der Waals surface area (Å²) in [4.78, 5) is 29.8. The maximum Gasteiger partial charge on any atom is 0.276 e. The van der Waals surface area contributed by atoms with Crippen molar-refractivity contribution < 1.29 is 14.1 Å². The zero-order valence-corrected chi connectivity index (χ0v) is 17.6. The number of amides is 2. The van der Waals surface area contributed by atoms with Gasteiger partial charge < -0.3 is 14.3 Å². The van der Waals surface area contributed by atoms with E-state index in [9.17, 15) is 9.59 Å². The minimum Gasteiger partial charge on any atom is -0.355 e. The van der Waals surface area contributed by atoms with Crippen LogP contribution in [0.5, 0.6) is 0 Å². The molecule has 160 valence electrons. The fourth-order valence-corrected chi connectivity index (χ4v) is 4.44. The Morgan fingerprint density at radius 1 is 1.03 bits per heavy atom. The van der Waals surface area contributed by atoms with Gasteiger partial charge in [-0.2, -0.15) is 5.10 Å². The van der Waals surface area contributed by atoms with Crippen molar-refractivity contribution in [2.24, 2.45) is 0 Å². The van der Waals surface area contributed by atoms with E-state index in [-0.39, 0.29) is 17.5 Å². The van der Waals surface area contributed by atoms with E-state index in [0.29, 0.717) is 37.5 Å². The zero-order valence-electron chi connectivity index (χ0n) is 17.6. The second kappa shape index (κ2) is 8.02. The standard InChI is InChI=1S/C23H25N5O3/c1-2-28-19-10-13-27(15-17(19)21(24-28)23(30)26-11-6-7-12-26)22(29)18-14-20(31-25-18)16-8-4-3-5-9-16/h3-5,8-9,14H,2,6-7,10-13,15H2,1H3. The largest absolute Gasteiger partial charge is 0.355 e. The highest BCUT2D eigenvalue weighted by atomic mass is 16.5. The van der Waals surface area contributed by atoms with Gasteiger partial charge in [0.1, 0.15) is 0 Å². The van der Waals surface area contributed by atoms with Crippen LogP contribution in [-0.2, 0) is 19.5 Å². The summed E-state index contributed by atoms with van der Waals surface area (Å²) in [6.07, 6.45) is 2.73. The predicted octanol–water partition coefficient (Wildman–Crippen LogP) is 2.99. The Morgan fingerprint density at radius 2 is 1.81 bits per heavy atom. The van der Waals surface area contributed by atoms with Gasteiger partial charge in [0.05, 0.1) is 6.54 Å². The molecule has 1 fully saturated rings. The van der Waals surface area contributed by atoms with E-state index in [1.165, 1.54) is 0 Å². The number of hydrogen-bond acceptors (Lipinski definition) is 5. The summed E-state index contributed by atoms with van der Waals surface area (Å²) >= 11 is 0. The van der Waals surface area contributed by atoms with Gasteiger partial charge in [-0.25, -0.2) is 0 Å². The van der Waals surface area contributed by atoms with Gasteiger partial charge in [-0.15, -0.1) is 0 Å². The average Bonchev–Trinajstić information content (AvgIpc) is 3.58. The maximum atomic E-state index is 13.1. The summed E-state index contributed by atoms with van der Waals surface area (Å²) in [6.45, 7) is 5.19. The van der Waals surface area contributed by atoms with E-state index >= 15 is 0 Å². The SMILES string of the molecule is CCn1nc(C(=O)N2CCCC2)c2c1CCN(C(=O)c1cc(-c3ccccc3)on1)C2. The van der Waals surface area contributed by atoms with E-state index in [4.69, 9.17) is 4.52 Å². The lowest BCUT2D eigenvalue weighted by molar-refractivity contribution is 0.0713. The van der Waals surface area contributed by atoms with Crippen molar-refractivity contribution in [3.8, 4) is 11.3 Å². The third kappa shape index (κ3) is 3.52. The summed E-state index contributed by atoms with van der Waals surface area (Å²) in [6, 6.07) is 11.3. The molecule has 0 N–H and O–H groups in total. The molecule has 31 heavy (non-hydrogen) atoms. The van der Waals surface area contributed by atoms with Crippen LogP contribution >= 0.6 is 0 Å². The Morgan fingerprint density at radius 3 is 2.55 bits per heavy atom. The zero-order chi connectivity index (χ0) is 21.4. The molecule has 5 rings (SSSR count). The number of likely N-dealkylation sites (tertiary alicyclic amines) is 1. The van der Waals surface area contributed by atoms with E-state index < -0.39 is 0 Å². The first kappa shape index (κ1) is 19.5. The minimum atomic E-state index is -0.194. The Kier molecular flexibility index (Phi) is 5.05. The Labute approximate surface area is 180 Å². The number of carbonyl (C=O) groups excluding carboxylic acids is 2. The molecule has 0 unspecified atom stereocenters. The number of fused-ring (bicyclic) bond motifs is 1. The van der Waals surface area contributed by atoms with Gasteiger partial charge in [0.15, 0.2) is 17.1 Å². The first-order chi connectivity index (χ1) is 15.2. The number of nitrogens with zero attached hydrogens (tertiary/aromatic N) is 5. The van der Waals surface area contributed by atoms with Gasteiger partial charge in [-0.3, -0.25) is 14.3 Å². The smallest absolute Gasteiger partial charge is 0.276 e. The molecule has 0 bridgehead atoms. The lowest BCUT2D eigenvalue weighted by Crippen LogP contribution is -2.37. The van der Waals surface area contributed by atoms with Gasteiger partial charge in [-0.05, 0) is 19.8 Å². The molecule has 8 heteroatoms. The topological polar surface area (TPSA) is 84.5 Å². The van der Waals surface area contributed by atoms with E-state index in [0.717, 1.165) is 42.8 Å². The van der Waals surface area contributed by atoms with Crippen molar-refractivity contribution in [2.75, 3.05) is 19.6 Å². The molecular formula is C23H25N5O3. The van der Waals surface area contributed by atoms with E-state index in [2.05, 4.69) is 10.3 Å². The van der Waals surface area contributed by atoms with Gasteiger partial charge >= 0.3 is 0 Å². The van der Waals surface area contributed by atoms with Crippen LogP contribution in [0.25, 0.3) is 11.3 Å². The molecule has 0 saturated carbocycles. The lowest BCUT2D eigenvalue weighted by Gasteiger charge is -2.27. The highest BCUT2D eigenvalue weighted by Gasteiger charge is 2.33. The summed E-state index contributed by atoms with van der Waals surface area (Å²) < 4.78 is 7.32. The molecule has 2 amide bonds. The van der Waals surface area contributed by atoms with Gasteiger partial charge in [0, 0.05) is 55.5 Å². The van der Waals surface area contributed by atoms with Crippen molar-refractivity contribution in [3.05, 3.63) is 59.0 Å². The molecule has 2 aliphatic rings. The summed E-state index contributed by atoms with van der Waals surface area (Å²) in [5.41, 5.74) is 3.56. The van der Waals surface area contributed by atoms with Crippen molar-refractivity contribution in [2.45, 2.75) is 39.3 Å². The normalized spacial score (nSPS) is 15.9. The van der Waals surface area contributed by atoms with E-state index in [1.807, 2.05) is 46.8 Å². The van der Waals surface area contributed by atoms with Crippen LogP contribution in [0.3, 0.4) is 0 Å². The molecule has 4 heterocycles. The van der Waals surface area contributed by atoms with Crippen LogP contribution in [0.2, 0.25) is 0 Å². The van der Waals surface area contributed by atoms with Crippen molar-refractivity contribution in [3.63, 3.8) is 0 Å². The molecule has 1 saturated heterocycles. The van der Waals surface area contributed by atoms with Crippen LogP contribution < -0.4 is 0 Å². The number of carbonyl (C=O) groups is 2. The number of aromatic nitrogens is 3. The number of benzene rings is 1. The van der Waals surface area contributed by atoms with Crippen molar-refractivity contribution in [1.29, 1.82) is 0 Å². The molecule has 1 aromatic carbocycles. The quantitative estimate of drug-likeness (QED) is 0.649. The van der Waals surface area contributed by atoms with Crippen LogP contribution in [0.4, 0.5) is 0 Å². The minimum absolute atomic E-state index is 0.0250. The fraction of sp³-hybridized carbons (Fsp3) is 0.391. The summed E-state index contributed by atoms with van der Waals surface area (Å²) in [7, 11) is 0. The summed E-state index contributed by atoms with van der Waals surface area (Å²) in [5.74, 6) is 0.341. The van der Waals surface area contributed by atoms with Crippen LogP contribution in [0, 0.1) is 0 Å². The van der Waals surface area contributed by atoms with Crippen molar-refractivity contribution in [1.82, 2.24) is 24.7 Å². The van der Waals surface area contributed by atoms with Crippen molar-refractivity contribution >= 4 is 11.8 Å². The van der Waals surface area contributed by atoms with Gasteiger partial charge in [0.2, 0.25) is 0 Å². The highest BCUT2D eigenvalue weighted by molar-refractivity contribution is 5.96. The number of rotatable bonds is 4. The van der Waals surface area contributed by atoms with Crippen LogP contribution in [0.15, 0.2) is 40.9 Å².